The molecule has 0 radical (unpaired) electrons. The second kappa shape index (κ2) is 7.70. The second-order valence-electron chi connectivity index (χ2n) is 5.53. The summed E-state index contributed by atoms with van der Waals surface area (Å²) in [7, 11) is 0. The molecule has 3 nitrogen and oxygen atoms in total. The van der Waals surface area contributed by atoms with Crippen molar-refractivity contribution < 1.29 is 9.53 Å². The molecule has 0 saturated carbocycles. The zero-order valence-electron chi connectivity index (χ0n) is 12.3. The number of rotatable bonds is 8. The van der Waals surface area contributed by atoms with E-state index in [4.69, 9.17) is 4.74 Å². The van der Waals surface area contributed by atoms with Gasteiger partial charge in [0.2, 0.25) is 0 Å². The average Bonchev–Trinajstić information content (AvgIpc) is 2.15. The number of esters is 1. The van der Waals surface area contributed by atoms with Gasteiger partial charge in [-0.05, 0) is 38.1 Å². The van der Waals surface area contributed by atoms with Crippen LogP contribution in [0.5, 0.6) is 0 Å². The first kappa shape index (κ1) is 16.4. The molecule has 3 heteroatoms. The number of likely N-dealkylation sites (N-methyl/N-ethyl adjacent to an activating group) is 1. The third kappa shape index (κ3) is 5.53. The van der Waals surface area contributed by atoms with Crippen LogP contribution in [-0.2, 0) is 9.53 Å². The zero-order chi connectivity index (χ0) is 13.5. The maximum atomic E-state index is 12.2. The molecule has 0 aliphatic heterocycles. The Bertz CT molecular complexity index is 214. The molecule has 0 saturated heterocycles. The van der Waals surface area contributed by atoms with E-state index in [9.17, 15) is 4.79 Å². The van der Waals surface area contributed by atoms with Gasteiger partial charge in [-0.3, -0.25) is 4.79 Å². The van der Waals surface area contributed by atoms with E-state index in [0.717, 1.165) is 19.4 Å². The summed E-state index contributed by atoms with van der Waals surface area (Å²) in [6.45, 7) is 13.7. The minimum atomic E-state index is -0.507. The summed E-state index contributed by atoms with van der Waals surface area (Å²) in [5, 5.41) is 3.37. The van der Waals surface area contributed by atoms with Crippen molar-refractivity contribution in [3.63, 3.8) is 0 Å². The molecule has 0 heterocycles. The van der Waals surface area contributed by atoms with Gasteiger partial charge >= 0.3 is 5.97 Å². The van der Waals surface area contributed by atoms with Gasteiger partial charge in [0.25, 0.3) is 0 Å². The smallest absolute Gasteiger partial charge is 0.326 e. The Kier molecular flexibility index (Phi) is 7.44. The SMILES string of the molecule is CCNC(CC(C)C)(CC(C)C)C(=O)OCC. The summed E-state index contributed by atoms with van der Waals surface area (Å²) >= 11 is 0. The topological polar surface area (TPSA) is 38.3 Å². The summed E-state index contributed by atoms with van der Waals surface area (Å²) < 4.78 is 5.26. The van der Waals surface area contributed by atoms with Gasteiger partial charge in [0, 0.05) is 0 Å². The van der Waals surface area contributed by atoms with Gasteiger partial charge < -0.3 is 10.1 Å². The van der Waals surface area contributed by atoms with Gasteiger partial charge in [-0.25, -0.2) is 0 Å². The molecule has 1 N–H and O–H groups in total. The quantitative estimate of drug-likeness (QED) is 0.666. The van der Waals surface area contributed by atoms with Crippen LogP contribution in [-0.4, -0.2) is 24.7 Å². The minimum Gasteiger partial charge on any atom is -0.465 e. The standard InChI is InChI=1S/C14H29NO2/c1-7-15-14(9-11(3)4,10-12(5)6)13(16)17-8-2/h11-12,15H,7-10H2,1-6H3. The molecule has 0 rings (SSSR count). The molecule has 0 bridgehead atoms. The van der Waals surface area contributed by atoms with E-state index in [1.54, 1.807) is 0 Å². The molecular formula is C14H29NO2. The maximum Gasteiger partial charge on any atom is 0.326 e. The van der Waals surface area contributed by atoms with Crippen molar-refractivity contribution >= 4 is 5.97 Å². The molecule has 0 spiro atoms. The molecule has 17 heavy (non-hydrogen) atoms. The molecule has 0 atom stereocenters. The maximum absolute atomic E-state index is 12.2. The van der Waals surface area contributed by atoms with Gasteiger partial charge in [0.1, 0.15) is 5.54 Å². The lowest BCUT2D eigenvalue weighted by molar-refractivity contribution is -0.153. The first-order valence-electron chi connectivity index (χ1n) is 6.80. The van der Waals surface area contributed by atoms with Gasteiger partial charge in [-0.1, -0.05) is 34.6 Å². The first-order chi connectivity index (χ1) is 7.88. The number of hydrogen-bond donors (Lipinski definition) is 1. The molecule has 0 aromatic rings. The lowest BCUT2D eigenvalue weighted by Gasteiger charge is -2.35. The molecule has 0 unspecified atom stereocenters. The number of carbonyl (C=O) groups is 1. The number of carbonyl (C=O) groups excluding carboxylic acids is 1. The summed E-state index contributed by atoms with van der Waals surface area (Å²) in [4.78, 5) is 12.2. The van der Waals surface area contributed by atoms with Crippen LogP contribution < -0.4 is 5.32 Å². The van der Waals surface area contributed by atoms with E-state index in [0.29, 0.717) is 18.4 Å². The highest BCUT2D eigenvalue weighted by Gasteiger charge is 2.39. The number of nitrogens with one attached hydrogen (secondary N) is 1. The Morgan fingerprint density at radius 2 is 1.59 bits per heavy atom. The van der Waals surface area contributed by atoms with Crippen molar-refractivity contribution in [1.29, 1.82) is 0 Å². The van der Waals surface area contributed by atoms with E-state index in [2.05, 4.69) is 33.0 Å². The van der Waals surface area contributed by atoms with Crippen LogP contribution in [0.4, 0.5) is 0 Å². The number of hydrogen-bond acceptors (Lipinski definition) is 3. The third-order valence-electron chi connectivity index (χ3n) is 2.69. The van der Waals surface area contributed by atoms with Crippen molar-refractivity contribution in [2.75, 3.05) is 13.2 Å². The van der Waals surface area contributed by atoms with E-state index < -0.39 is 5.54 Å². The molecule has 0 aliphatic carbocycles. The minimum absolute atomic E-state index is 0.0933. The molecular weight excluding hydrogens is 214 g/mol. The van der Waals surface area contributed by atoms with Crippen molar-refractivity contribution in [2.24, 2.45) is 11.8 Å². The molecule has 0 aliphatic rings. The van der Waals surface area contributed by atoms with Gasteiger partial charge in [-0.2, -0.15) is 0 Å². The van der Waals surface area contributed by atoms with Crippen LogP contribution in [0.3, 0.4) is 0 Å². The average molecular weight is 243 g/mol. The van der Waals surface area contributed by atoms with Crippen LogP contribution in [0.1, 0.15) is 54.4 Å². The van der Waals surface area contributed by atoms with Crippen molar-refractivity contribution in [3.05, 3.63) is 0 Å². The molecule has 0 aromatic carbocycles. The highest BCUT2D eigenvalue weighted by Crippen LogP contribution is 2.26. The Morgan fingerprint density at radius 3 is 1.88 bits per heavy atom. The zero-order valence-corrected chi connectivity index (χ0v) is 12.3. The third-order valence-corrected chi connectivity index (χ3v) is 2.69. The van der Waals surface area contributed by atoms with Crippen LogP contribution in [0.2, 0.25) is 0 Å². The summed E-state index contributed by atoms with van der Waals surface area (Å²) in [5.74, 6) is 0.846. The van der Waals surface area contributed by atoms with Crippen LogP contribution in [0.25, 0.3) is 0 Å². The summed E-state index contributed by atoms with van der Waals surface area (Å²) in [6, 6.07) is 0. The largest absolute Gasteiger partial charge is 0.465 e. The fourth-order valence-corrected chi connectivity index (χ4v) is 2.47. The molecule has 0 amide bonds. The normalized spacial score (nSPS) is 12.2. The molecule has 0 fully saturated rings. The van der Waals surface area contributed by atoms with Crippen molar-refractivity contribution in [1.82, 2.24) is 5.32 Å². The van der Waals surface area contributed by atoms with E-state index in [1.807, 2.05) is 13.8 Å². The van der Waals surface area contributed by atoms with Crippen LogP contribution in [0.15, 0.2) is 0 Å². The number of ether oxygens (including phenoxy) is 1. The predicted octanol–water partition coefficient (Wildman–Crippen LogP) is 2.99. The Balaban J connectivity index is 4.99. The fourth-order valence-electron chi connectivity index (χ4n) is 2.47. The Labute approximate surface area is 106 Å². The first-order valence-corrected chi connectivity index (χ1v) is 6.80. The van der Waals surface area contributed by atoms with Crippen molar-refractivity contribution in [2.45, 2.75) is 59.9 Å². The lowest BCUT2D eigenvalue weighted by Crippen LogP contribution is -2.54. The highest BCUT2D eigenvalue weighted by molar-refractivity contribution is 5.81. The van der Waals surface area contributed by atoms with Gasteiger partial charge in [0.05, 0.1) is 6.61 Å². The summed E-state index contributed by atoms with van der Waals surface area (Å²) in [5.41, 5.74) is -0.507. The Hall–Kier alpha value is -0.570. The van der Waals surface area contributed by atoms with Gasteiger partial charge in [0.15, 0.2) is 0 Å². The lowest BCUT2D eigenvalue weighted by atomic mass is 9.81. The van der Waals surface area contributed by atoms with Crippen LogP contribution in [0, 0.1) is 11.8 Å². The monoisotopic (exact) mass is 243 g/mol. The Morgan fingerprint density at radius 1 is 1.12 bits per heavy atom. The van der Waals surface area contributed by atoms with E-state index in [1.165, 1.54) is 0 Å². The highest BCUT2D eigenvalue weighted by atomic mass is 16.5. The van der Waals surface area contributed by atoms with Crippen molar-refractivity contribution in [3.8, 4) is 0 Å². The second-order valence-corrected chi connectivity index (χ2v) is 5.53. The predicted molar refractivity (Wildman–Crippen MR) is 72.0 cm³/mol. The van der Waals surface area contributed by atoms with E-state index in [-0.39, 0.29) is 5.97 Å². The van der Waals surface area contributed by atoms with Crippen LogP contribution >= 0.6 is 0 Å². The molecule has 0 aromatic heterocycles. The summed E-state index contributed by atoms with van der Waals surface area (Å²) in [6.07, 6.45) is 1.66. The van der Waals surface area contributed by atoms with Gasteiger partial charge in [-0.15, -0.1) is 0 Å². The molecule has 102 valence electrons. The fraction of sp³-hybridized carbons (Fsp3) is 0.929. The van der Waals surface area contributed by atoms with E-state index >= 15 is 0 Å².